The van der Waals surface area contributed by atoms with Gasteiger partial charge in [0.15, 0.2) is 5.71 Å². The van der Waals surface area contributed by atoms with Crippen molar-refractivity contribution in [2.75, 3.05) is 19.0 Å². The Morgan fingerprint density at radius 2 is 1.48 bits per heavy atom. The predicted molar refractivity (Wildman–Crippen MR) is 178 cm³/mol. The Labute approximate surface area is 258 Å². The van der Waals surface area contributed by atoms with Gasteiger partial charge in [0.25, 0.3) is 5.56 Å². The molecule has 1 N–H and O–H groups in total. The summed E-state index contributed by atoms with van der Waals surface area (Å²) in [6, 6.07) is 16.9. The van der Waals surface area contributed by atoms with Gasteiger partial charge in [-0.15, -0.1) is 0 Å². The zero-order valence-corrected chi connectivity index (χ0v) is 26.9. The standard InChI is InChI=1S/C37H40N4O3/c1-36(2)25-13-9-11-15-27(25)38(5)29(36)21-19-23-17-18-24(31(23)32-33(42)40(7)35(44)41(8)34(32)43)20-22-30-37(3,4)26-14-10-12-16-28(26)39(30)6/h9-16,19-22H,17-18H2,1-8H3/p+1. The summed E-state index contributed by atoms with van der Waals surface area (Å²) in [4.78, 5) is 28.5. The van der Waals surface area contributed by atoms with Gasteiger partial charge < -0.3 is 10.0 Å². The lowest BCUT2D eigenvalue weighted by molar-refractivity contribution is -0.401. The van der Waals surface area contributed by atoms with Crippen molar-refractivity contribution in [2.45, 2.75) is 51.4 Å². The summed E-state index contributed by atoms with van der Waals surface area (Å²) in [5.74, 6) is -0.316. The molecule has 3 aromatic rings. The minimum atomic E-state index is -0.561. The number of likely N-dealkylation sites (N-methyl/N-ethyl adjacent to an activating group) is 1. The van der Waals surface area contributed by atoms with Crippen molar-refractivity contribution in [1.82, 2.24) is 9.13 Å². The van der Waals surface area contributed by atoms with Crippen molar-refractivity contribution in [1.29, 1.82) is 0 Å². The second kappa shape index (κ2) is 10.2. The van der Waals surface area contributed by atoms with Gasteiger partial charge >= 0.3 is 5.69 Å². The van der Waals surface area contributed by atoms with Crippen LogP contribution in [0.25, 0.3) is 5.57 Å². The zero-order valence-electron chi connectivity index (χ0n) is 26.9. The van der Waals surface area contributed by atoms with Crippen molar-refractivity contribution in [3.63, 3.8) is 0 Å². The Morgan fingerprint density at radius 1 is 0.818 bits per heavy atom. The molecule has 3 heterocycles. The first-order valence-corrected chi connectivity index (χ1v) is 15.1. The van der Waals surface area contributed by atoms with Crippen LogP contribution in [0.1, 0.15) is 57.2 Å². The molecule has 0 saturated carbocycles. The molecule has 6 rings (SSSR count). The van der Waals surface area contributed by atoms with Gasteiger partial charge in [-0.05, 0) is 61.1 Å². The zero-order chi connectivity index (χ0) is 31.7. The van der Waals surface area contributed by atoms with E-state index in [2.05, 4.69) is 124 Å². The van der Waals surface area contributed by atoms with Gasteiger partial charge in [0.1, 0.15) is 12.6 Å². The van der Waals surface area contributed by atoms with E-state index >= 15 is 0 Å². The van der Waals surface area contributed by atoms with E-state index in [4.69, 9.17) is 0 Å². The van der Waals surface area contributed by atoms with Gasteiger partial charge in [-0.2, -0.15) is 4.58 Å². The number of hydrogen-bond donors (Lipinski definition) is 1. The Morgan fingerprint density at radius 3 is 2.16 bits per heavy atom. The fourth-order valence-corrected chi connectivity index (χ4v) is 7.39. The van der Waals surface area contributed by atoms with Crippen LogP contribution in [-0.2, 0) is 24.9 Å². The summed E-state index contributed by atoms with van der Waals surface area (Å²) < 4.78 is 4.44. The lowest BCUT2D eigenvalue weighted by atomic mass is 9.81. The second-order valence-corrected chi connectivity index (χ2v) is 13.2. The van der Waals surface area contributed by atoms with Crippen molar-refractivity contribution >= 4 is 22.7 Å². The average molecular weight is 590 g/mol. The van der Waals surface area contributed by atoms with E-state index in [0.29, 0.717) is 18.4 Å². The van der Waals surface area contributed by atoms with Crippen molar-refractivity contribution in [3.8, 4) is 5.88 Å². The van der Waals surface area contributed by atoms with Crippen molar-refractivity contribution < 1.29 is 9.68 Å². The van der Waals surface area contributed by atoms with E-state index in [1.54, 1.807) is 0 Å². The molecule has 0 spiro atoms. The van der Waals surface area contributed by atoms with Crippen LogP contribution in [0.15, 0.2) is 99.3 Å². The summed E-state index contributed by atoms with van der Waals surface area (Å²) in [7, 11) is 7.12. The van der Waals surface area contributed by atoms with E-state index < -0.39 is 11.2 Å². The average Bonchev–Trinajstić information content (AvgIpc) is 3.55. The highest BCUT2D eigenvalue weighted by Crippen LogP contribution is 2.47. The summed E-state index contributed by atoms with van der Waals surface area (Å²) in [5.41, 5.74) is 8.48. The van der Waals surface area contributed by atoms with Crippen molar-refractivity contribution in [3.05, 3.63) is 127 Å². The number of aromatic nitrogens is 2. The number of benzene rings is 2. The fourth-order valence-electron chi connectivity index (χ4n) is 7.39. The first-order chi connectivity index (χ1) is 20.8. The van der Waals surface area contributed by atoms with E-state index in [1.807, 2.05) is 0 Å². The largest absolute Gasteiger partial charge is 0.494 e. The molecular weight excluding hydrogens is 548 g/mol. The van der Waals surface area contributed by atoms with E-state index in [0.717, 1.165) is 31.7 Å². The second-order valence-electron chi connectivity index (χ2n) is 13.2. The molecule has 7 nitrogen and oxygen atoms in total. The molecule has 0 fully saturated rings. The Bertz CT molecular complexity index is 2010. The van der Waals surface area contributed by atoms with Gasteiger partial charge in [0.05, 0.1) is 5.41 Å². The Hall–Kier alpha value is -4.65. The van der Waals surface area contributed by atoms with E-state index in [9.17, 15) is 14.7 Å². The quantitative estimate of drug-likeness (QED) is 0.389. The van der Waals surface area contributed by atoms with Crippen molar-refractivity contribution in [2.24, 2.45) is 14.1 Å². The highest BCUT2D eigenvalue weighted by Gasteiger charge is 2.43. The van der Waals surface area contributed by atoms with Crippen LogP contribution in [-0.4, -0.2) is 38.6 Å². The molecule has 3 aliphatic rings. The maximum Gasteiger partial charge on any atom is 0.333 e. The Kier molecular flexibility index (Phi) is 6.83. The third-order valence-electron chi connectivity index (χ3n) is 9.96. The third kappa shape index (κ3) is 4.20. The molecule has 0 amide bonds. The summed E-state index contributed by atoms with van der Waals surface area (Å²) >= 11 is 0. The predicted octanol–water partition coefficient (Wildman–Crippen LogP) is 5.84. The van der Waals surface area contributed by atoms with Gasteiger partial charge in [-0.3, -0.25) is 13.9 Å². The van der Waals surface area contributed by atoms with Crippen LogP contribution in [0.2, 0.25) is 0 Å². The number of anilines is 1. The van der Waals surface area contributed by atoms with E-state index in [1.165, 1.54) is 36.6 Å². The van der Waals surface area contributed by atoms with Crippen LogP contribution >= 0.6 is 0 Å². The fraction of sp³-hybridized carbons (Fsp3) is 0.324. The van der Waals surface area contributed by atoms with Crippen LogP contribution in [0, 0.1) is 0 Å². The molecule has 7 heteroatoms. The number of hydrogen-bond acceptors (Lipinski definition) is 4. The smallest absolute Gasteiger partial charge is 0.333 e. The molecular formula is C37H41N4O3+. The highest BCUT2D eigenvalue weighted by molar-refractivity contribution is 6.03. The minimum absolute atomic E-state index is 0.158. The van der Waals surface area contributed by atoms with Gasteiger partial charge in [-0.25, -0.2) is 4.79 Å². The molecule has 0 bridgehead atoms. The first kappa shape index (κ1) is 29.4. The molecule has 1 aliphatic carbocycles. The van der Waals surface area contributed by atoms with Crippen LogP contribution in [0.5, 0.6) is 5.88 Å². The third-order valence-corrected chi connectivity index (χ3v) is 9.96. The molecule has 1 aromatic heterocycles. The molecule has 0 saturated heterocycles. The summed E-state index contributed by atoms with van der Waals surface area (Å²) in [6.07, 6.45) is 9.88. The lowest BCUT2D eigenvalue weighted by Gasteiger charge is -2.24. The highest BCUT2D eigenvalue weighted by atomic mass is 16.3. The maximum absolute atomic E-state index is 13.6. The molecule has 44 heavy (non-hydrogen) atoms. The molecule has 2 aromatic carbocycles. The number of nitrogens with zero attached hydrogens (tertiary/aromatic N) is 4. The molecule has 0 radical (unpaired) electrons. The molecule has 226 valence electrons. The monoisotopic (exact) mass is 589 g/mol. The normalized spacial score (nSPS) is 20.5. The minimum Gasteiger partial charge on any atom is -0.494 e. The molecule has 0 unspecified atom stereocenters. The molecule has 0 atom stereocenters. The number of fused-ring (bicyclic) bond motifs is 2. The topological polar surface area (TPSA) is 70.5 Å². The van der Waals surface area contributed by atoms with Gasteiger partial charge in [0.2, 0.25) is 11.6 Å². The van der Waals surface area contributed by atoms with Crippen LogP contribution < -0.4 is 16.1 Å². The first-order valence-electron chi connectivity index (χ1n) is 15.1. The maximum atomic E-state index is 13.6. The number of rotatable bonds is 4. The summed E-state index contributed by atoms with van der Waals surface area (Å²) in [5, 5.41) is 11.3. The number of allylic oxidation sites excluding steroid dienone is 8. The number of para-hydroxylation sites is 2. The van der Waals surface area contributed by atoms with Gasteiger partial charge in [-0.1, -0.05) is 62.4 Å². The summed E-state index contributed by atoms with van der Waals surface area (Å²) in [6.45, 7) is 8.90. The lowest BCUT2D eigenvalue weighted by Crippen LogP contribution is -2.38. The Balaban J connectivity index is 1.52. The SMILES string of the molecule is CN1C(=CC=C2CCC(C=CC3=[N+](C)c4ccccc4C3(C)C)=C2c2c(O)n(C)c(=O)n(C)c2=O)C(C)(C)c2ccccc21. The number of aromatic hydroxyl groups is 1. The molecule has 2 aliphatic heterocycles. The van der Waals surface area contributed by atoms with Crippen LogP contribution in [0.3, 0.4) is 0 Å². The van der Waals surface area contributed by atoms with Crippen LogP contribution in [0.4, 0.5) is 11.4 Å². The van der Waals surface area contributed by atoms with Gasteiger partial charge in [0, 0.05) is 55.6 Å². The van der Waals surface area contributed by atoms with E-state index in [-0.39, 0.29) is 22.3 Å².